The number of Topliss-reactive ketones (excluding diaryl/α,β-unsaturated/α-hetero) is 1. The smallest absolute Gasteiger partial charge is 0.407 e. The molecule has 5 nitrogen and oxygen atoms in total. The molecule has 1 fully saturated rings. The highest BCUT2D eigenvalue weighted by Gasteiger charge is 2.38. The van der Waals surface area contributed by atoms with E-state index in [9.17, 15) is 14.7 Å². The zero-order valence-corrected chi connectivity index (χ0v) is 13.7. The van der Waals surface area contributed by atoms with Crippen LogP contribution in [-0.2, 0) is 0 Å². The Morgan fingerprint density at radius 1 is 1.18 bits per heavy atom. The lowest BCUT2D eigenvalue weighted by atomic mass is 9.84. The molecule has 0 saturated carbocycles. The molecule has 2 rings (SSSR count). The van der Waals surface area contributed by atoms with Crippen molar-refractivity contribution in [1.29, 1.82) is 0 Å². The van der Waals surface area contributed by atoms with Crippen molar-refractivity contribution < 1.29 is 14.7 Å². The van der Waals surface area contributed by atoms with Crippen LogP contribution in [0.3, 0.4) is 0 Å². The van der Waals surface area contributed by atoms with Crippen LogP contribution in [0.2, 0.25) is 0 Å². The number of ketones is 1. The number of piperazine rings is 1. The molecule has 1 amide bonds. The molecule has 0 bridgehead atoms. The van der Waals surface area contributed by atoms with Gasteiger partial charge in [0.15, 0.2) is 5.78 Å². The lowest BCUT2D eigenvalue weighted by Crippen LogP contribution is -2.59. The van der Waals surface area contributed by atoms with Crippen molar-refractivity contribution in [2.75, 3.05) is 24.5 Å². The van der Waals surface area contributed by atoms with Gasteiger partial charge in [-0.25, -0.2) is 4.79 Å². The van der Waals surface area contributed by atoms with Gasteiger partial charge in [0, 0.05) is 30.9 Å². The molecule has 1 atom stereocenters. The van der Waals surface area contributed by atoms with Crippen LogP contribution in [0.1, 0.15) is 38.1 Å². The molecular formula is C17H24N2O3. The van der Waals surface area contributed by atoms with E-state index in [1.165, 1.54) is 4.90 Å². The van der Waals surface area contributed by atoms with Crippen molar-refractivity contribution >= 4 is 17.6 Å². The number of anilines is 1. The number of hydrogen-bond acceptors (Lipinski definition) is 3. The van der Waals surface area contributed by atoms with Gasteiger partial charge in [-0.1, -0.05) is 32.9 Å². The maximum Gasteiger partial charge on any atom is 0.407 e. The van der Waals surface area contributed by atoms with Crippen molar-refractivity contribution in [3.05, 3.63) is 29.8 Å². The molecule has 1 heterocycles. The lowest BCUT2D eigenvalue weighted by Gasteiger charge is -2.47. The number of nitrogens with zero attached hydrogens (tertiary/aromatic N) is 2. The molecule has 1 aliphatic rings. The number of benzene rings is 1. The fraction of sp³-hybridized carbons (Fsp3) is 0.529. The standard InChI is InChI=1S/C17H24N2O3/c1-12(20)13-7-5-6-8-14(13)18-9-10-19(16(21)22)15(11-18)17(2,3)4/h5-8,15H,9-11H2,1-4H3,(H,21,22). The quantitative estimate of drug-likeness (QED) is 0.853. The first-order valence-corrected chi connectivity index (χ1v) is 7.56. The third-order valence-corrected chi connectivity index (χ3v) is 4.25. The number of carbonyl (C=O) groups is 2. The van der Waals surface area contributed by atoms with Gasteiger partial charge in [-0.3, -0.25) is 4.79 Å². The fourth-order valence-electron chi connectivity index (χ4n) is 3.02. The summed E-state index contributed by atoms with van der Waals surface area (Å²) in [7, 11) is 0. The molecule has 0 aromatic heterocycles. The molecular weight excluding hydrogens is 280 g/mol. The van der Waals surface area contributed by atoms with Gasteiger partial charge in [0.05, 0.1) is 6.04 Å². The average molecular weight is 304 g/mol. The molecule has 0 spiro atoms. The van der Waals surface area contributed by atoms with Crippen LogP contribution >= 0.6 is 0 Å². The molecule has 0 radical (unpaired) electrons. The minimum Gasteiger partial charge on any atom is -0.465 e. The Balaban J connectivity index is 2.33. The molecule has 0 aliphatic carbocycles. The van der Waals surface area contributed by atoms with Gasteiger partial charge in [0.25, 0.3) is 0 Å². The van der Waals surface area contributed by atoms with E-state index in [0.717, 1.165) is 5.69 Å². The summed E-state index contributed by atoms with van der Waals surface area (Å²) in [5.41, 5.74) is 1.43. The Kier molecular flexibility index (Phi) is 4.44. The van der Waals surface area contributed by atoms with E-state index in [0.29, 0.717) is 25.2 Å². The second-order valence-corrected chi connectivity index (χ2v) is 6.88. The molecule has 1 aliphatic heterocycles. The SMILES string of the molecule is CC(=O)c1ccccc1N1CCN(C(=O)O)C(C(C)(C)C)C1. The number of carboxylic acid groups (broad SMARTS) is 1. The van der Waals surface area contributed by atoms with Crippen LogP contribution in [0.4, 0.5) is 10.5 Å². The van der Waals surface area contributed by atoms with E-state index in [1.807, 2.05) is 45.0 Å². The van der Waals surface area contributed by atoms with Gasteiger partial charge in [-0.2, -0.15) is 0 Å². The largest absolute Gasteiger partial charge is 0.465 e. The van der Waals surface area contributed by atoms with E-state index in [4.69, 9.17) is 0 Å². The zero-order valence-electron chi connectivity index (χ0n) is 13.7. The summed E-state index contributed by atoms with van der Waals surface area (Å²) in [6, 6.07) is 7.42. The van der Waals surface area contributed by atoms with Crippen molar-refractivity contribution in [2.24, 2.45) is 5.41 Å². The van der Waals surface area contributed by atoms with Crippen LogP contribution in [-0.4, -0.2) is 47.6 Å². The molecule has 120 valence electrons. The Hall–Kier alpha value is -2.04. The van der Waals surface area contributed by atoms with E-state index >= 15 is 0 Å². The highest BCUT2D eigenvalue weighted by molar-refractivity contribution is 5.99. The van der Waals surface area contributed by atoms with Gasteiger partial charge >= 0.3 is 6.09 Å². The number of carbonyl (C=O) groups excluding carboxylic acids is 1. The van der Waals surface area contributed by atoms with E-state index in [-0.39, 0.29) is 17.2 Å². The van der Waals surface area contributed by atoms with Gasteiger partial charge in [-0.05, 0) is 24.5 Å². The minimum absolute atomic E-state index is 0.0311. The second-order valence-electron chi connectivity index (χ2n) is 6.88. The van der Waals surface area contributed by atoms with Crippen molar-refractivity contribution in [3.63, 3.8) is 0 Å². The van der Waals surface area contributed by atoms with Crippen LogP contribution in [0.5, 0.6) is 0 Å². The summed E-state index contributed by atoms with van der Waals surface area (Å²) in [6.07, 6.45) is -0.876. The van der Waals surface area contributed by atoms with Crippen LogP contribution in [0.25, 0.3) is 0 Å². The molecule has 1 N–H and O–H groups in total. The molecule has 1 unspecified atom stereocenters. The Morgan fingerprint density at radius 3 is 2.36 bits per heavy atom. The monoisotopic (exact) mass is 304 g/mol. The number of rotatable bonds is 2. The maximum atomic E-state index is 11.8. The molecule has 1 aromatic carbocycles. The summed E-state index contributed by atoms with van der Waals surface area (Å²) in [6.45, 7) is 9.36. The Morgan fingerprint density at radius 2 is 1.82 bits per heavy atom. The number of para-hydroxylation sites is 1. The molecule has 22 heavy (non-hydrogen) atoms. The van der Waals surface area contributed by atoms with Crippen LogP contribution < -0.4 is 4.90 Å². The predicted octanol–water partition coefficient (Wildman–Crippen LogP) is 3.10. The van der Waals surface area contributed by atoms with E-state index in [1.54, 1.807) is 6.92 Å². The molecule has 1 saturated heterocycles. The van der Waals surface area contributed by atoms with Gasteiger partial charge in [0.1, 0.15) is 0 Å². The third kappa shape index (κ3) is 3.24. The fourth-order valence-corrected chi connectivity index (χ4v) is 3.02. The molecule has 1 aromatic rings. The zero-order chi connectivity index (χ0) is 16.5. The molecule has 5 heteroatoms. The first kappa shape index (κ1) is 16.3. The second kappa shape index (κ2) is 5.99. The number of hydrogen-bond donors (Lipinski definition) is 1. The highest BCUT2D eigenvalue weighted by atomic mass is 16.4. The maximum absolute atomic E-state index is 11.8. The summed E-state index contributed by atoms with van der Waals surface area (Å²) in [4.78, 5) is 27.0. The van der Waals surface area contributed by atoms with E-state index < -0.39 is 6.09 Å². The van der Waals surface area contributed by atoms with Crippen molar-refractivity contribution in [2.45, 2.75) is 33.7 Å². The summed E-state index contributed by atoms with van der Waals surface area (Å²) < 4.78 is 0. The highest BCUT2D eigenvalue weighted by Crippen LogP contribution is 2.31. The normalized spacial score (nSPS) is 19.2. The van der Waals surface area contributed by atoms with Crippen LogP contribution in [0.15, 0.2) is 24.3 Å². The summed E-state index contributed by atoms with van der Waals surface area (Å²) >= 11 is 0. The lowest BCUT2D eigenvalue weighted by molar-refractivity contribution is 0.0747. The third-order valence-electron chi connectivity index (χ3n) is 4.25. The summed E-state index contributed by atoms with van der Waals surface area (Å²) in [5.74, 6) is 0.0311. The first-order chi connectivity index (χ1) is 10.2. The predicted molar refractivity (Wildman–Crippen MR) is 86.6 cm³/mol. The van der Waals surface area contributed by atoms with E-state index in [2.05, 4.69) is 4.90 Å². The van der Waals surface area contributed by atoms with Crippen LogP contribution in [0, 0.1) is 5.41 Å². The first-order valence-electron chi connectivity index (χ1n) is 7.56. The Bertz CT molecular complexity index is 578. The number of amides is 1. The average Bonchev–Trinajstić information content (AvgIpc) is 2.45. The topological polar surface area (TPSA) is 60.9 Å². The van der Waals surface area contributed by atoms with Crippen molar-refractivity contribution in [1.82, 2.24) is 4.90 Å². The van der Waals surface area contributed by atoms with Gasteiger partial charge < -0.3 is 14.9 Å². The Labute approximate surface area is 131 Å². The van der Waals surface area contributed by atoms with Gasteiger partial charge in [0.2, 0.25) is 0 Å². The summed E-state index contributed by atoms with van der Waals surface area (Å²) in [5, 5.41) is 9.42. The van der Waals surface area contributed by atoms with Gasteiger partial charge in [-0.15, -0.1) is 0 Å². The van der Waals surface area contributed by atoms with Crippen molar-refractivity contribution in [3.8, 4) is 0 Å². The minimum atomic E-state index is -0.876.